The van der Waals surface area contributed by atoms with Gasteiger partial charge in [-0.25, -0.2) is 0 Å². The number of piperidine rings is 1. The topological polar surface area (TPSA) is 58.4 Å². The Kier molecular flexibility index (Phi) is 5.65. The van der Waals surface area contributed by atoms with Gasteiger partial charge in [-0.05, 0) is 39.7 Å². The van der Waals surface area contributed by atoms with Crippen molar-refractivity contribution in [2.75, 3.05) is 6.54 Å². The first-order chi connectivity index (χ1) is 10.0. The number of carboxylic acid groups (broad SMARTS) is 1. The highest BCUT2D eigenvalue weighted by atomic mass is 35.5. The number of aryl methyl sites for hydroxylation is 2. The van der Waals surface area contributed by atoms with Gasteiger partial charge in [-0.15, -0.1) is 0 Å². The van der Waals surface area contributed by atoms with Crippen LogP contribution in [0.15, 0.2) is 0 Å². The second-order valence-corrected chi connectivity index (χ2v) is 6.09. The van der Waals surface area contributed by atoms with Crippen LogP contribution < -0.4 is 0 Å². The van der Waals surface area contributed by atoms with Crippen molar-refractivity contribution in [1.82, 2.24) is 14.7 Å². The Balaban J connectivity index is 2.10. The van der Waals surface area contributed by atoms with Crippen molar-refractivity contribution in [2.24, 2.45) is 0 Å². The van der Waals surface area contributed by atoms with Gasteiger partial charge in [-0.1, -0.05) is 18.0 Å². The molecule has 1 atom stereocenters. The summed E-state index contributed by atoms with van der Waals surface area (Å²) in [7, 11) is 0. The van der Waals surface area contributed by atoms with Gasteiger partial charge in [0.15, 0.2) is 0 Å². The molecule has 1 unspecified atom stereocenters. The lowest BCUT2D eigenvalue weighted by molar-refractivity contribution is -0.137. The molecule has 2 heterocycles. The predicted molar refractivity (Wildman–Crippen MR) is 82.6 cm³/mol. The van der Waals surface area contributed by atoms with Crippen molar-refractivity contribution in [3.05, 3.63) is 16.4 Å². The standard InChI is InChI=1S/C15H24ClN3O2/c1-3-19-13(15(16)11(2)17-19)10-18-9-5-4-6-12(18)7-8-14(20)21/h12H,3-10H2,1-2H3,(H,20,21). The van der Waals surface area contributed by atoms with E-state index in [1.54, 1.807) is 0 Å². The average molecular weight is 314 g/mol. The fourth-order valence-corrected chi connectivity index (χ4v) is 3.29. The van der Waals surface area contributed by atoms with E-state index in [0.717, 1.165) is 42.5 Å². The van der Waals surface area contributed by atoms with Gasteiger partial charge in [-0.3, -0.25) is 14.4 Å². The smallest absolute Gasteiger partial charge is 0.303 e. The number of rotatable bonds is 6. The third-order valence-electron chi connectivity index (χ3n) is 4.25. The third-order valence-corrected chi connectivity index (χ3v) is 4.74. The van der Waals surface area contributed by atoms with E-state index < -0.39 is 5.97 Å². The van der Waals surface area contributed by atoms with Gasteiger partial charge in [0.25, 0.3) is 0 Å². The Hall–Kier alpha value is -1.07. The summed E-state index contributed by atoms with van der Waals surface area (Å²) < 4.78 is 1.96. The molecular formula is C15H24ClN3O2. The zero-order valence-electron chi connectivity index (χ0n) is 12.8. The Labute approximate surface area is 130 Å². The Morgan fingerprint density at radius 3 is 2.90 bits per heavy atom. The summed E-state index contributed by atoms with van der Waals surface area (Å²) in [4.78, 5) is 13.2. The van der Waals surface area contributed by atoms with Crippen LogP contribution in [0, 0.1) is 6.92 Å². The molecule has 0 amide bonds. The maximum Gasteiger partial charge on any atom is 0.303 e. The molecular weight excluding hydrogens is 290 g/mol. The number of hydrogen-bond donors (Lipinski definition) is 1. The van der Waals surface area contributed by atoms with Crippen molar-refractivity contribution in [1.29, 1.82) is 0 Å². The first-order valence-electron chi connectivity index (χ1n) is 7.70. The summed E-state index contributed by atoms with van der Waals surface area (Å²) in [5.74, 6) is -0.715. The summed E-state index contributed by atoms with van der Waals surface area (Å²) in [6.07, 6.45) is 4.37. The maximum absolute atomic E-state index is 10.8. The van der Waals surface area contributed by atoms with Crippen LogP contribution in [0.4, 0.5) is 0 Å². The molecule has 1 aliphatic heterocycles. The number of likely N-dealkylation sites (tertiary alicyclic amines) is 1. The molecule has 1 aromatic rings. The van der Waals surface area contributed by atoms with Gasteiger partial charge in [0.2, 0.25) is 0 Å². The van der Waals surface area contributed by atoms with Crippen LogP contribution in [-0.2, 0) is 17.9 Å². The van der Waals surface area contributed by atoms with E-state index in [1.165, 1.54) is 12.8 Å². The molecule has 1 N–H and O–H groups in total. The molecule has 1 fully saturated rings. The number of aromatic nitrogens is 2. The van der Waals surface area contributed by atoms with Gasteiger partial charge >= 0.3 is 5.97 Å². The van der Waals surface area contributed by atoms with Crippen LogP contribution >= 0.6 is 11.6 Å². The SMILES string of the molecule is CCn1nc(C)c(Cl)c1CN1CCCCC1CCC(=O)O. The monoisotopic (exact) mass is 313 g/mol. The van der Waals surface area contributed by atoms with Crippen LogP contribution in [0.5, 0.6) is 0 Å². The summed E-state index contributed by atoms with van der Waals surface area (Å²) in [6.45, 7) is 6.56. The van der Waals surface area contributed by atoms with Crippen LogP contribution in [0.3, 0.4) is 0 Å². The molecule has 21 heavy (non-hydrogen) atoms. The second-order valence-electron chi connectivity index (χ2n) is 5.71. The van der Waals surface area contributed by atoms with Gasteiger partial charge < -0.3 is 5.11 Å². The van der Waals surface area contributed by atoms with E-state index in [1.807, 2.05) is 11.6 Å². The highest BCUT2D eigenvalue weighted by molar-refractivity contribution is 6.31. The third kappa shape index (κ3) is 3.98. The van der Waals surface area contributed by atoms with Crippen LogP contribution in [0.25, 0.3) is 0 Å². The molecule has 2 rings (SSSR count). The van der Waals surface area contributed by atoms with E-state index in [-0.39, 0.29) is 6.42 Å². The van der Waals surface area contributed by atoms with Crippen molar-refractivity contribution in [3.63, 3.8) is 0 Å². The minimum atomic E-state index is -0.715. The fraction of sp³-hybridized carbons (Fsp3) is 0.733. The van der Waals surface area contributed by atoms with Crippen molar-refractivity contribution in [2.45, 2.75) is 65.1 Å². The molecule has 0 aliphatic carbocycles. The largest absolute Gasteiger partial charge is 0.481 e. The molecule has 0 aromatic carbocycles. The molecule has 0 spiro atoms. The Morgan fingerprint density at radius 1 is 1.48 bits per heavy atom. The zero-order chi connectivity index (χ0) is 15.4. The normalized spacial score (nSPS) is 19.9. The fourth-order valence-electron chi connectivity index (χ4n) is 3.10. The molecule has 118 valence electrons. The van der Waals surface area contributed by atoms with Crippen molar-refractivity contribution in [3.8, 4) is 0 Å². The molecule has 1 saturated heterocycles. The van der Waals surface area contributed by atoms with Crippen molar-refractivity contribution < 1.29 is 9.90 Å². The van der Waals surface area contributed by atoms with E-state index in [2.05, 4.69) is 16.9 Å². The lowest BCUT2D eigenvalue weighted by Gasteiger charge is -2.35. The van der Waals surface area contributed by atoms with Gasteiger partial charge in [-0.2, -0.15) is 5.10 Å². The Bertz CT molecular complexity index is 501. The molecule has 0 bridgehead atoms. The van der Waals surface area contributed by atoms with E-state index in [4.69, 9.17) is 16.7 Å². The maximum atomic E-state index is 10.8. The number of carboxylic acids is 1. The van der Waals surface area contributed by atoms with Crippen LogP contribution in [-0.4, -0.2) is 38.3 Å². The van der Waals surface area contributed by atoms with E-state index in [9.17, 15) is 4.79 Å². The second kappa shape index (κ2) is 7.27. The van der Waals surface area contributed by atoms with Gasteiger partial charge in [0, 0.05) is 25.6 Å². The molecule has 6 heteroatoms. The lowest BCUT2D eigenvalue weighted by atomic mass is 9.97. The predicted octanol–water partition coefficient (Wildman–Crippen LogP) is 3.08. The minimum absolute atomic E-state index is 0.237. The molecule has 5 nitrogen and oxygen atoms in total. The molecule has 1 aliphatic rings. The summed E-state index contributed by atoms with van der Waals surface area (Å²) in [5.41, 5.74) is 1.92. The highest BCUT2D eigenvalue weighted by Gasteiger charge is 2.25. The number of hydrogen-bond acceptors (Lipinski definition) is 3. The molecule has 0 radical (unpaired) electrons. The number of nitrogens with zero attached hydrogens (tertiary/aromatic N) is 3. The van der Waals surface area contributed by atoms with Gasteiger partial charge in [0.1, 0.15) is 0 Å². The van der Waals surface area contributed by atoms with Crippen LogP contribution in [0.2, 0.25) is 5.02 Å². The first kappa shape index (κ1) is 16.3. The molecule has 1 aromatic heterocycles. The Morgan fingerprint density at radius 2 is 2.24 bits per heavy atom. The zero-order valence-corrected chi connectivity index (χ0v) is 13.6. The van der Waals surface area contributed by atoms with Crippen molar-refractivity contribution >= 4 is 17.6 Å². The van der Waals surface area contributed by atoms with Crippen LogP contribution in [0.1, 0.15) is 50.4 Å². The average Bonchev–Trinajstić information content (AvgIpc) is 2.74. The number of aliphatic carboxylic acids is 1. The summed E-state index contributed by atoms with van der Waals surface area (Å²) in [6, 6.07) is 0.339. The lowest BCUT2D eigenvalue weighted by Crippen LogP contribution is -2.39. The summed E-state index contributed by atoms with van der Waals surface area (Å²) in [5, 5.41) is 14.1. The van der Waals surface area contributed by atoms with E-state index in [0.29, 0.717) is 12.5 Å². The quantitative estimate of drug-likeness (QED) is 0.877. The summed E-state index contributed by atoms with van der Waals surface area (Å²) >= 11 is 6.38. The highest BCUT2D eigenvalue weighted by Crippen LogP contribution is 2.27. The minimum Gasteiger partial charge on any atom is -0.481 e. The first-order valence-corrected chi connectivity index (χ1v) is 8.08. The molecule has 0 saturated carbocycles. The van der Waals surface area contributed by atoms with Gasteiger partial charge in [0.05, 0.1) is 16.4 Å². The number of carbonyl (C=O) groups is 1. The number of halogens is 1. The van der Waals surface area contributed by atoms with E-state index >= 15 is 0 Å².